The van der Waals surface area contributed by atoms with E-state index >= 15 is 0 Å². The maximum Gasteiger partial charge on any atom is 0.236 e. The van der Waals surface area contributed by atoms with Crippen molar-refractivity contribution in [1.29, 1.82) is 0 Å². The molecule has 0 fully saturated rings. The van der Waals surface area contributed by atoms with E-state index in [0.29, 0.717) is 33.4 Å². The van der Waals surface area contributed by atoms with Gasteiger partial charge in [-0.15, -0.1) is 21.5 Å². The summed E-state index contributed by atoms with van der Waals surface area (Å²) in [7, 11) is 6.51. The fourth-order valence-electron chi connectivity index (χ4n) is 3.38. The average molecular weight is 512 g/mol. The number of hydrogen-bond acceptors (Lipinski definition) is 9. The number of thiazole rings is 1. The van der Waals surface area contributed by atoms with Crippen molar-refractivity contribution < 1.29 is 19.0 Å². The van der Waals surface area contributed by atoms with E-state index in [1.807, 2.05) is 48.2 Å². The normalized spacial score (nSPS) is 10.8. The Bertz CT molecular complexity index is 1310. The first-order valence-electron chi connectivity index (χ1n) is 10.6. The molecule has 1 N–H and O–H groups in total. The number of nitrogens with one attached hydrogen (secondary N) is 1. The summed E-state index contributed by atoms with van der Waals surface area (Å²) in [5.41, 5.74) is 3.78. The molecule has 4 aromatic rings. The molecule has 2 aromatic heterocycles. The van der Waals surface area contributed by atoms with Gasteiger partial charge in [-0.3, -0.25) is 4.79 Å². The predicted molar refractivity (Wildman–Crippen MR) is 138 cm³/mol. The standard InChI is InChI=1S/C24H25N5O4S2/c1-14-6-8-15(9-7-14)17-12-34-23(25-17)26-20(30)13-35-24-28-27-22(29(24)2)16-10-18(31-3)21(33-5)19(11-16)32-4/h6-12H,13H2,1-5H3,(H,25,26,30). The minimum atomic E-state index is -0.169. The zero-order valence-corrected chi connectivity index (χ0v) is 21.6. The lowest BCUT2D eigenvalue weighted by Crippen LogP contribution is -2.14. The Labute approximate surface area is 211 Å². The van der Waals surface area contributed by atoms with Crippen molar-refractivity contribution in [3.05, 3.63) is 47.3 Å². The van der Waals surface area contributed by atoms with Gasteiger partial charge in [-0.05, 0) is 19.1 Å². The molecule has 0 unspecified atom stereocenters. The average Bonchev–Trinajstić information content (AvgIpc) is 3.48. The Hall–Kier alpha value is -3.57. The molecule has 0 bridgehead atoms. The van der Waals surface area contributed by atoms with Crippen LogP contribution in [0.4, 0.5) is 5.13 Å². The number of benzene rings is 2. The van der Waals surface area contributed by atoms with Crippen molar-refractivity contribution in [3.63, 3.8) is 0 Å². The molecule has 11 heteroatoms. The highest BCUT2D eigenvalue weighted by Gasteiger charge is 2.19. The number of methoxy groups -OCH3 is 3. The molecule has 0 aliphatic heterocycles. The first-order valence-corrected chi connectivity index (χ1v) is 12.4. The van der Waals surface area contributed by atoms with Crippen molar-refractivity contribution in [2.75, 3.05) is 32.4 Å². The topological polar surface area (TPSA) is 100 Å². The SMILES string of the molecule is COc1cc(-c2nnc(SCC(=O)Nc3nc(-c4ccc(C)cc4)cs3)n2C)cc(OC)c1OC. The van der Waals surface area contributed by atoms with Crippen LogP contribution < -0.4 is 19.5 Å². The van der Waals surface area contributed by atoms with Gasteiger partial charge in [-0.1, -0.05) is 41.6 Å². The fourth-order valence-corrected chi connectivity index (χ4v) is 4.82. The number of carbonyl (C=O) groups is 1. The maximum absolute atomic E-state index is 12.5. The van der Waals surface area contributed by atoms with E-state index in [4.69, 9.17) is 14.2 Å². The van der Waals surface area contributed by atoms with Crippen molar-refractivity contribution >= 4 is 34.1 Å². The molecule has 1 amide bonds. The molecule has 0 saturated carbocycles. The zero-order chi connectivity index (χ0) is 24.9. The van der Waals surface area contributed by atoms with Crippen LogP contribution in [0.25, 0.3) is 22.6 Å². The molecule has 0 radical (unpaired) electrons. The minimum Gasteiger partial charge on any atom is -0.493 e. The number of amides is 1. The summed E-state index contributed by atoms with van der Waals surface area (Å²) in [4.78, 5) is 17.1. The van der Waals surface area contributed by atoms with Crippen LogP contribution in [0.5, 0.6) is 17.2 Å². The Morgan fingerprint density at radius 2 is 1.71 bits per heavy atom. The van der Waals surface area contributed by atoms with Gasteiger partial charge in [0.05, 0.1) is 32.8 Å². The zero-order valence-electron chi connectivity index (χ0n) is 20.0. The summed E-state index contributed by atoms with van der Waals surface area (Å²) in [5, 5.41) is 14.5. The highest BCUT2D eigenvalue weighted by atomic mass is 32.2. The smallest absolute Gasteiger partial charge is 0.236 e. The Morgan fingerprint density at radius 1 is 1.03 bits per heavy atom. The quantitative estimate of drug-likeness (QED) is 0.324. The number of rotatable bonds is 9. The number of ether oxygens (including phenoxy) is 3. The molecular formula is C24H25N5O4S2. The Morgan fingerprint density at radius 3 is 2.34 bits per heavy atom. The summed E-state index contributed by atoms with van der Waals surface area (Å²) >= 11 is 2.68. The van der Waals surface area contributed by atoms with E-state index in [-0.39, 0.29) is 11.7 Å². The van der Waals surface area contributed by atoms with Crippen LogP contribution in [0, 0.1) is 6.92 Å². The second-order valence-corrected chi connectivity index (χ2v) is 9.32. The third-order valence-corrected chi connectivity index (χ3v) is 6.97. The van der Waals surface area contributed by atoms with Gasteiger partial charge in [-0.2, -0.15) is 0 Å². The van der Waals surface area contributed by atoms with E-state index in [1.165, 1.54) is 28.7 Å². The van der Waals surface area contributed by atoms with E-state index < -0.39 is 0 Å². The maximum atomic E-state index is 12.5. The summed E-state index contributed by atoms with van der Waals surface area (Å²) in [6.07, 6.45) is 0. The Kier molecular flexibility index (Phi) is 7.57. The largest absolute Gasteiger partial charge is 0.493 e. The minimum absolute atomic E-state index is 0.167. The lowest BCUT2D eigenvalue weighted by Gasteiger charge is -2.14. The van der Waals surface area contributed by atoms with Crippen molar-refractivity contribution in [2.24, 2.45) is 7.05 Å². The molecule has 2 aromatic carbocycles. The number of hydrogen-bond donors (Lipinski definition) is 1. The summed E-state index contributed by atoms with van der Waals surface area (Å²) in [5.74, 6) is 2.14. The summed E-state index contributed by atoms with van der Waals surface area (Å²) in [6, 6.07) is 11.7. The molecule has 35 heavy (non-hydrogen) atoms. The van der Waals surface area contributed by atoms with Crippen LogP contribution in [0.3, 0.4) is 0 Å². The highest BCUT2D eigenvalue weighted by molar-refractivity contribution is 7.99. The van der Waals surface area contributed by atoms with E-state index in [9.17, 15) is 4.79 Å². The molecule has 0 spiro atoms. The Balaban J connectivity index is 1.42. The lowest BCUT2D eigenvalue weighted by atomic mass is 10.1. The molecule has 2 heterocycles. The second-order valence-electron chi connectivity index (χ2n) is 7.52. The van der Waals surface area contributed by atoms with Gasteiger partial charge in [0.2, 0.25) is 11.7 Å². The van der Waals surface area contributed by atoms with Gasteiger partial charge < -0.3 is 24.1 Å². The van der Waals surface area contributed by atoms with Crippen LogP contribution in [0.15, 0.2) is 46.9 Å². The molecule has 0 saturated heterocycles. The lowest BCUT2D eigenvalue weighted by molar-refractivity contribution is -0.113. The fraction of sp³-hybridized carbons (Fsp3) is 0.250. The van der Waals surface area contributed by atoms with Gasteiger partial charge in [-0.25, -0.2) is 4.98 Å². The molecule has 182 valence electrons. The predicted octanol–water partition coefficient (Wildman–Crippen LogP) is 4.67. The van der Waals surface area contributed by atoms with Gasteiger partial charge in [0.1, 0.15) is 0 Å². The second kappa shape index (κ2) is 10.8. The van der Waals surface area contributed by atoms with E-state index in [0.717, 1.165) is 16.8 Å². The van der Waals surface area contributed by atoms with Crippen LogP contribution in [0.1, 0.15) is 5.56 Å². The molecule has 0 atom stereocenters. The van der Waals surface area contributed by atoms with Crippen molar-refractivity contribution in [1.82, 2.24) is 19.7 Å². The number of carbonyl (C=O) groups excluding carboxylic acids is 1. The van der Waals surface area contributed by atoms with Gasteiger partial charge in [0.25, 0.3) is 0 Å². The molecule has 9 nitrogen and oxygen atoms in total. The molecule has 4 rings (SSSR count). The van der Waals surface area contributed by atoms with Crippen LogP contribution >= 0.6 is 23.1 Å². The third-order valence-electron chi connectivity index (χ3n) is 5.19. The van der Waals surface area contributed by atoms with Crippen LogP contribution in [-0.2, 0) is 11.8 Å². The third kappa shape index (κ3) is 5.41. The first kappa shape index (κ1) is 24.6. The number of nitrogens with zero attached hydrogens (tertiary/aromatic N) is 4. The highest BCUT2D eigenvalue weighted by Crippen LogP contribution is 2.41. The van der Waals surface area contributed by atoms with Crippen LogP contribution in [-0.4, -0.2) is 52.7 Å². The van der Waals surface area contributed by atoms with Crippen LogP contribution in [0.2, 0.25) is 0 Å². The van der Waals surface area contributed by atoms with Gasteiger partial charge in [0.15, 0.2) is 27.6 Å². The van der Waals surface area contributed by atoms with Gasteiger partial charge >= 0.3 is 0 Å². The molecule has 0 aliphatic carbocycles. The van der Waals surface area contributed by atoms with E-state index in [1.54, 1.807) is 33.5 Å². The van der Waals surface area contributed by atoms with E-state index in [2.05, 4.69) is 20.5 Å². The number of aromatic nitrogens is 4. The summed E-state index contributed by atoms with van der Waals surface area (Å²) in [6.45, 7) is 2.04. The first-order chi connectivity index (χ1) is 16.9. The molecular weight excluding hydrogens is 486 g/mol. The molecule has 0 aliphatic rings. The number of aryl methyl sites for hydroxylation is 1. The number of anilines is 1. The van der Waals surface area contributed by atoms with Crippen molar-refractivity contribution in [2.45, 2.75) is 12.1 Å². The monoisotopic (exact) mass is 511 g/mol. The summed E-state index contributed by atoms with van der Waals surface area (Å²) < 4.78 is 18.1. The number of thioether (sulfide) groups is 1. The van der Waals surface area contributed by atoms with Gasteiger partial charge in [0, 0.05) is 23.6 Å². The van der Waals surface area contributed by atoms with Crippen molar-refractivity contribution in [3.8, 4) is 39.9 Å².